The van der Waals surface area contributed by atoms with E-state index in [4.69, 9.17) is 5.11 Å². The topological polar surface area (TPSA) is 37.3 Å². The summed E-state index contributed by atoms with van der Waals surface area (Å²) >= 11 is 3.35. The van der Waals surface area contributed by atoms with E-state index >= 15 is 0 Å². The SMILES string of the molecule is Cc1ccc(Br)c(CC(=O)O)c1C. The molecule has 0 aromatic heterocycles. The third-order valence-corrected chi connectivity index (χ3v) is 2.88. The van der Waals surface area contributed by atoms with Gasteiger partial charge in [0, 0.05) is 4.47 Å². The molecule has 1 N–H and O–H groups in total. The lowest BCUT2D eigenvalue weighted by atomic mass is 10.0. The van der Waals surface area contributed by atoms with Crippen molar-refractivity contribution in [2.24, 2.45) is 0 Å². The zero-order chi connectivity index (χ0) is 10.0. The number of carboxylic acid groups (broad SMARTS) is 1. The van der Waals surface area contributed by atoms with Crippen LogP contribution in [0.15, 0.2) is 16.6 Å². The maximum absolute atomic E-state index is 10.6. The number of hydrogen-bond donors (Lipinski definition) is 1. The molecule has 0 aliphatic rings. The van der Waals surface area contributed by atoms with Crippen molar-refractivity contribution in [2.75, 3.05) is 0 Å². The lowest BCUT2D eigenvalue weighted by Gasteiger charge is -2.08. The van der Waals surface area contributed by atoms with E-state index in [-0.39, 0.29) is 6.42 Å². The second-order valence-corrected chi connectivity index (χ2v) is 3.89. The van der Waals surface area contributed by atoms with Gasteiger partial charge in [-0.1, -0.05) is 22.0 Å². The van der Waals surface area contributed by atoms with Gasteiger partial charge in [-0.2, -0.15) is 0 Å². The van der Waals surface area contributed by atoms with E-state index < -0.39 is 5.97 Å². The lowest BCUT2D eigenvalue weighted by molar-refractivity contribution is -0.136. The molecule has 0 unspecified atom stereocenters. The van der Waals surface area contributed by atoms with Crippen LogP contribution in [0, 0.1) is 13.8 Å². The van der Waals surface area contributed by atoms with Crippen molar-refractivity contribution < 1.29 is 9.90 Å². The first kappa shape index (κ1) is 10.3. The molecule has 0 saturated carbocycles. The van der Waals surface area contributed by atoms with Crippen LogP contribution in [0.5, 0.6) is 0 Å². The molecule has 70 valence electrons. The van der Waals surface area contributed by atoms with Gasteiger partial charge in [-0.15, -0.1) is 0 Å². The van der Waals surface area contributed by atoms with Crippen molar-refractivity contribution in [3.8, 4) is 0 Å². The Morgan fingerprint density at radius 1 is 1.46 bits per heavy atom. The molecule has 0 aliphatic carbocycles. The molecule has 2 nitrogen and oxygen atoms in total. The summed E-state index contributed by atoms with van der Waals surface area (Å²) in [5.41, 5.74) is 3.05. The van der Waals surface area contributed by atoms with Crippen molar-refractivity contribution in [1.82, 2.24) is 0 Å². The van der Waals surface area contributed by atoms with Crippen LogP contribution in [0.4, 0.5) is 0 Å². The van der Waals surface area contributed by atoms with E-state index in [1.165, 1.54) is 0 Å². The normalized spacial score (nSPS) is 10.1. The number of rotatable bonds is 2. The predicted octanol–water partition coefficient (Wildman–Crippen LogP) is 2.69. The van der Waals surface area contributed by atoms with Gasteiger partial charge in [0.2, 0.25) is 0 Å². The number of aliphatic carboxylic acids is 1. The highest BCUT2D eigenvalue weighted by molar-refractivity contribution is 9.10. The van der Waals surface area contributed by atoms with Crippen molar-refractivity contribution in [3.05, 3.63) is 33.3 Å². The van der Waals surface area contributed by atoms with Crippen LogP contribution in [0.3, 0.4) is 0 Å². The molecule has 0 fully saturated rings. The molecular formula is C10H11BrO2. The molecule has 0 heterocycles. The Balaban J connectivity index is 3.17. The fraction of sp³-hybridized carbons (Fsp3) is 0.300. The number of carboxylic acids is 1. The number of halogens is 1. The third-order valence-electron chi connectivity index (χ3n) is 2.14. The molecule has 1 aromatic rings. The van der Waals surface area contributed by atoms with E-state index in [1.807, 2.05) is 26.0 Å². The van der Waals surface area contributed by atoms with Crippen LogP contribution in [-0.2, 0) is 11.2 Å². The average Bonchev–Trinajstić information content (AvgIpc) is 2.05. The Bertz CT molecular complexity index is 345. The number of carbonyl (C=O) groups is 1. The zero-order valence-corrected chi connectivity index (χ0v) is 9.18. The quantitative estimate of drug-likeness (QED) is 0.866. The van der Waals surface area contributed by atoms with E-state index in [0.717, 1.165) is 21.2 Å². The van der Waals surface area contributed by atoms with Crippen LogP contribution in [0.2, 0.25) is 0 Å². The Hall–Kier alpha value is -0.830. The minimum absolute atomic E-state index is 0.0775. The Kier molecular flexibility index (Phi) is 3.09. The molecule has 1 aromatic carbocycles. The maximum Gasteiger partial charge on any atom is 0.307 e. The second kappa shape index (κ2) is 3.92. The fourth-order valence-electron chi connectivity index (χ4n) is 1.21. The van der Waals surface area contributed by atoms with Crippen LogP contribution >= 0.6 is 15.9 Å². The molecule has 0 atom stereocenters. The second-order valence-electron chi connectivity index (χ2n) is 3.04. The van der Waals surface area contributed by atoms with Gasteiger partial charge in [0.25, 0.3) is 0 Å². The molecule has 3 heteroatoms. The summed E-state index contributed by atoms with van der Waals surface area (Å²) in [5, 5.41) is 8.69. The standard InChI is InChI=1S/C10H11BrO2/c1-6-3-4-9(11)8(7(6)2)5-10(12)13/h3-4H,5H2,1-2H3,(H,12,13). The van der Waals surface area contributed by atoms with Gasteiger partial charge >= 0.3 is 5.97 Å². The van der Waals surface area contributed by atoms with Crippen LogP contribution in [-0.4, -0.2) is 11.1 Å². The Morgan fingerprint density at radius 2 is 2.08 bits per heavy atom. The number of aryl methyl sites for hydroxylation is 1. The minimum Gasteiger partial charge on any atom is -0.481 e. The van der Waals surface area contributed by atoms with Crippen LogP contribution in [0.1, 0.15) is 16.7 Å². The van der Waals surface area contributed by atoms with Crippen molar-refractivity contribution in [2.45, 2.75) is 20.3 Å². The number of hydrogen-bond acceptors (Lipinski definition) is 1. The monoisotopic (exact) mass is 242 g/mol. The van der Waals surface area contributed by atoms with Crippen LogP contribution in [0.25, 0.3) is 0 Å². The zero-order valence-electron chi connectivity index (χ0n) is 7.60. The summed E-state index contributed by atoms with van der Waals surface area (Å²) in [4.78, 5) is 10.6. The van der Waals surface area contributed by atoms with Gasteiger partial charge in [0.1, 0.15) is 0 Å². The van der Waals surface area contributed by atoms with Gasteiger partial charge in [0.05, 0.1) is 6.42 Å². The van der Waals surface area contributed by atoms with Crippen molar-refractivity contribution in [3.63, 3.8) is 0 Å². The van der Waals surface area contributed by atoms with Gasteiger partial charge < -0.3 is 5.11 Å². The molecule has 13 heavy (non-hydrogen) atoms. The van der Waals surface area contributed by atoms with E-state index in [1.54, 1.807) is 0 Å². The van der Waals surface area contributed by atoms with Crippen molar-refractivity contribution in [1.29, 1.82) is 0 Å². The largest absolute Gasteiger partial charge is 0.481 e. The molecule has 0 saturated heterocycles. The highest BCUT2D eigenvalue weighted by Crippen LogP contribution is 2.23. The first-order valence-electron chi connectivity index (χ1n) is 3.98. The molecule has 0 amide bonds. The van der Waals surface area contributed by atoms with Crippen molar-refractivity contribution >= 4 is 21.9 Å². The molecule has 1 rings (SSSR count). The predicted molar refractivity (Wildman–Crippen MR) is 55.0 cm³/mol. The maximum atomic E-state index is 10.6. The lowest BCUT2D eigenvalue weighted by Crippen LogP contribution is -2.03. The Labute approximate surface area is 85.7 Å². The van der Waals surface area contributed by atoms with E-state index in [0.29, 0.717) is 0 Å². The van der Waals surface area contributed by atoms with E-state index in [2.05, 4.69) is 15.9 Å². The molecule has 0 bridgehead atoms. The van der Waals surface area contributed by atoms with Gasteiger partial charge in [-0.05, 0) is 36.6 Å². The summed E-state index contributed by atoms with van der Waals surface area (Å²) in [5.74, 6) is -0.797. The molecular weight excluding hydrogens is 232 g/mol. The van der Waals surface area contributed by atoms with Gasteiger partial charge in [-0.3, -0.25) is 4.79 Å². The third kappa shape index (κ3) is 2.31. The molecule has 0 radical (unpaired) electrons. The first-order valence-corrected chi connectivity index (χ1v) is 4.78. The fourth-order valence-corrected chi connectivity index (χ4v) is 1.78. The van der Waals surface area contributed by atoms with Gasteiger partial charge in [-0.25, -0.2) is 0 Å². The van der Waals surface area contributed by atoms with Crippen LogP contribution < -0.4 is 0 Å². The molecule has 0 spiro atoms. The summed E-state index contributed by atoms with van der Waals surface area (Å²) in [6.07, 6.45) is 0.0775. The Morgan fingerprint density at radius 3 is 2.62 bits per heavy atom. The summed E-state index contributed by atoms with van der Waals surface area (Å²) in [7, 11) is 0. The smallest absolute Gasteiger partial charge is 0.307 e. The highest BCUT2D eigenvalue weighted by atomic mass is 79.9. The minimum atomic E-state index is -0.797. The summed E-state index contributed by atoms with van der Waals surface area (Å²) < 4.78 is 0.873. The number of benzene rings is 1. The summed E-state index contributed by atoms with van der Waals surface area (Å²) in [6.45, 7) is 3.92. The van der Waals surface area contributed by atoms with Gasteiger partial charge in [0.15, 0.2) is 0 Å². The highest BCUT2D eigenvalue weighted by Gasteiger charge is 2.09. The van der Waals surface area contributed by atoms with E-state index in [9.17, 15) is 4.79 Å². The average molecular weight is 243 g/mol. The summed E-state index contributed by atoms with van der Waals surface area (Å²) in [6, 6.07) is 3.87. The first-order chi connectivity index (χ1) is 6.02. The molecule has 0 aliphatic heterocycles.